The highest BCUT2D eigenvalue weighted by atomic mass is 19.1. The number of nitrogens with two attached hydrogens (primary N) is 1. The number of carbonyl (C=O) groups is 1. The highest BCUT2D eigenvalue weighted by Crippen LogP contribution is 2.18. The number of benzene rings is 2. The molecule has 2 aromatic carbocycles. The molecule has 0 aliphatic rings. The molecule has 106 valence electrons. The van der Waals surface area contributed by atoms with Gasteiger partial charge in [0.15, 0.2) is 0 Å². The van der Waals surface area contributed by atoms with Crippen LogP contribution in [0, 0.1) is 24.6 Å². The molecule has 0 unspecified atom stereocenters. The fourth-order valence-corrected chi connectivity index (χ4v) is 1.85. The van der Waals surface area contributed by atoms with Crippen LogP contribution in [0.4, 0.5) is 10.1 Å². The van der Waals surface area contributed by atoms with Gasteiger partial charge in [0.2, 0.25) is 0 Å². The van der Waals surface area contributed by atoms with Gasteiger partial charge in [0.25, 0.3) is 5.91 Å². The Hall–Kier alpha value is -2.64. The van der Waals surface area contributed by atoms with E-state index in [-0.39, 0.29) is 12.1 Å². The van der Waals surface area contributed by atoms with Crippen LogP contribution >= 0.6 is 0 Å². The normalized spacial score (nSPS) is 9.67. The Morgan fingerprint density at radius 3 is 2.76 bits per heavy atom. The number of aryl methyl sites for hydroxylation is 1. The van der Waals surface area contributed by atoms with Gasteiger partial charge >= 0.3 is 0 Å². The maximum Gasteiger partial charge on any atom is 0.258 e. The van der Waals surface area contributed by atoms with Crippen molar-refractivity contribution in [1.82, 2.24) is 0 Å². The molecule has 0 aliphatic carbocycles. The third-order valence-electron chi connectivity index (χ3n) is 2.87. The molecule has 3 N–H and O–H groups in total. The van der Waals surface area contributed by atoms with Gasteiger partial charge in [-0.3, -0.25) is 4.79 Å². The van der Waals surface area contributed by atoms with Gasteiger partial charge in [-0.2, -0.15) is 0 Å². The highest BCUT2D eigenvalue weighted by molar-refractivity contribution is 6.05. The molecule has 1 amide bonds. The minimum absolute atomic E-state index is 0.00388. The summed E-state index contributed by atoms with van der Waals surface area (Å²) >= 11 is 0. The molecule has 2 rings (SSSR count). The maximum atomic E-state index is 13.6. The van der Waals surface area contributed by atoms with E-state index in [1.54, 1.807) is 12.1 Å². The quantitative estimate of drug-likeness (QED) is 0.832. The Morgan fingerprint density at radius 1 is 1.29 bits per heavy atom. The maximum absolute atomic E-state index is 13.6. The number of nitrogens with one attached hydrogen (secondary N) is 1. The number of hydrogen-bond donors (Lipinski definition) is 2. The summed E-state index contributed by atoms with van der Waals surface area (Å²) in [4.78, 5) is 12.1. The van der Waals surface area contributed by atoms with Crippen molar-refractivity contribution in [2.45, 2.75) is 6.92 Å². The van der Waals surface area contributed by atoms with Gasteiger partial charge in [-0.1, -0.05) is 30.0 Å². The molecule has 0 aliphatic heterocycles. The van der Waals surface area contributed by atoms with E-state index in [1.807, 2.05) is 19.1 Å². The van der Waals surface area contributed by atoms with Gasteiger partial charge in [0, 0.05) is 5.56 Å². The lowest BCUT2D eigenvalue weighted by atomic mass is 10.1. The zero-order chi connectivity index (χ0) is 15.2. The first-order chi connectivity index (χ1) is 10.1. The van der Waals surface area contributed by atoms with Gasteiger partial charge in [-0.05, 0) is 36.8 Å². The predicted molar refractivity (Wildman–Crippen MR) is 81.5 cm³/mol. The molecule has 0 bridgehead atoms. The van der Waals surface area contributed by atoms with E-state index < -0.39 is 11.7 Å². The summed E-state index contributed by atoms with van der Waals surface area (Å²) < 4.78 is 13.6. The second-order valence-corrected chi connectivity index (χ2v) is 4.49. The van der Waals surface area contributed by atoms with Crippen LogP contribution in [-0.2, 0) is 0 Å². The van der Waals surface area contributed by atoms with Crippen LogP contribution in [0.1, 0.15) is 21.5 Å². The van der Waals surface area contributed by atoms with Crippen LogP contribution in [-0.4, -0.2) is 12.5 Å². The van der Waals surface area contributed by atoms with Crippen LogP contribution in [0.25, 0.3) is 0 Å². The van der Waals surface area contributed by atoms with Crippen LogP contribution in [0.3, 0.4) is 0 Å². The average Bonchev–Trinajstić information content (AvgIpc) is 2.47. The topological polar surface area (TPSA) is 55.1 Å². The molecule has 0 fully saturated rings. The molecule has 0 saturated carbocycles. The molecule has 0 radical (unpaired) electrons. The summed E-state index contributed by atoms with van der Waals surface area (Å²) in [5.74, 6) is 4.59. The Bertz CT molecular complexity index is 729. The Labute approximate surface area is 123 Å². The molecule has 0 atom stereocenters. The van der Waals surface area contributed by atoms with Gasteiger partial charge < -0.3 is 11.1 Å². The van der Waals surface area contributed by atoms with Crippen LogP contribution < -0.4 is 11.1 Å². The fraction of sp³-hybridized carbons (Fsp3) is 0.118. The zero-order valence-corrected chi connectivity index (χ0v) is 11.6. The average molecular weight is 282 g/mol. The predicted octanol–water partition coefficient (Wildman–Crippen LogP) is 2.70. The van der Waals surface area contributed by atoms with Crippen molar-refractivity contribution in [2.75, 3.05) is 11.9 Å². The summed E-state index contributed by atoms with van der Waals surface area (Å²) in [5.41, 5.74) is 7.57. The minimum Gasteiger partial charge on any atom is -0.321 e. The van der Waals surface area contributed by atoms with Crippen LogP contribution in [0.15, 0.2) is 42.5 Å². The monoisotopic (exact) mass is 282 g/mol. The third-order valence-corrected chi connectivity index (χ3v) is 2.87. The summed E-state index contributed by atoms with van der Waals surface area (Å²) in [5, 5.41) is 2.68. The summed E-state index contributed by atoms with van der Waals surface area (Å²) in [6.07, 6.45) is 0. The number of carbonyl (C=O) groups excluding carboxylic acids is 1. The van der Waals surface area contributed by atoms with Crippen molar-refractivity contribution in [3.8, 4) is 11.8 Å². The molecular weight excluding hydrogens is 267 g/mol. The summed E-state index contributed by atoms with van der Waals surface area (Å²) in [6.45, 7) is 2.16. The number of rotatable bonds is 2. The largest absolute Gasteiger partial charge is 0.321 e. The van der Waals surface area contributed by atoms with Crippen molar-refractivity contribution >= 4 is 11.6 Å². The van der Waals surface area contributed by atoms with Crippen molar-refractivity contribution in [1.29, 1.82) is 0 Å². The Kier molecular flexibility index (Phi) is 4.70. The first kappa shape index (κ1) is 14.8. The van der Waals surface area contributed by atoms with E-state index in [9.17, 15) is 9.18 Å². The van der Waals surface area contributed by atoms with Gasteiger partial charge in [0.05, 0.1) is 17.8 Å². The number of halogens is 1. The first-order valence-corrected chi connectivity index (χ1v) is 6.47. The number of amides is 1. The summed E-state index contributed by atoms with van der Waals surface area (Å²) in [7, 11) is 0. The van der Waals surface area contributed by atoms with Crippen molar-refractivity contribution in [3.63, 3.8) is 0 Å². The minimum atomic E-state index is -0.559. The lowest BCUT2D eigenvalue weighted by molar-refractivity contribution is 0.102. The van der Waals surface area contributed by atoms with E-state index in [1.165, 1.54) is 18.2 Å². The molecule has 21 heavy (non-hydrogen) atoms. The molecule has 2 aromatic rings. The van der Waals surface area contributed by atoms with E-state index in [0.29, 0.717) is 11.3 Å². The zero-order valence-electron chi connectivity index (χ0n) is 11.6. The van der Waals surface area contributed by atoms with Crippen molar-refractivity contribution in [2.24, 2.45) is 5.73 Å². The van der Waals surface area contributed by atoms with E-state index in [4.69, 9.17) is 5.73 Å². The Balaban J connectivity index is 2.31. The Morgan fingerprint density at radius 2 is 2.05 bits per heavy atom. The number of anilines is 1. The lowest BCUT2D eigenvalue weighted by Crippen LogP contribution is -2.14. The standard InChI is InChI=1S/C17H15FN2O/c1-12-8-9-16(13(11-12)5-4-10-19)20-17(21)14-6-2-3-7-15(14)18/h2-3,6-9,11H,10,19H2,1H3,(H,20,21). The molecule has 4 heteroatoms. The van der Waals surface area contributed by atoms with Crippen LogP contribution in [0.2, 0.25) is 0 Å². The number of hydrogen-bond acceptors (Lipinski definition) is 2. The summed E-state index contributed by atoms with van der Waals surface area (Å²) in [6, 6.07) is 11.3. The molecule has 0 saturated heterocycles. The molecule has 0 heterocycles. The van der Waals surface area contributed by atoms with Crippen LogP contribution in [0.5, 0.6) is 0 Å². The van der Waals surface area contributed by atoms with Crippen molar-refractivity contribution in [3.05, 3.63) is 65.0 Å². The SMILES string of the molecule is Cc1ccc(NC(=O)c2ccccc2F)c(C#CCN)c1. The van der Waals surface area contributed by atoms with Gasteiger partial charge in [-0.25, -0.2) is 4.39 Å². The fourth-order valence-electron chi connectivity index (χ4n) is 1.85. The second-order valence-electron chi connectivity index (χ2n) is 4.49. The lowest BCUT2D eigenvalue weighted by Gasteiger charge is -2.09. The smallest absolute Gasteiger partial charge is 0.258 e. The van der Waals surface area contributed by atoms with E-state index in [2.05, 4.69) is 17.2 Å². The van der Waals surface area contributed by atoms with Gasteiger partial charge in [0.1, 0.15) is 5.82 Å². The van der Waals surface area contributed by atoms with E-state index >= 15 is 0 Å². The molecule has 0 spiro atoms. The molecular formula is C17H15FN2O. The van der Waals surface area contributed by atoms with E-state index in [0.717, 1.165) is 5.56 Å². The highest BCUT2D eigenvalue weighted by Gasteiger charge is 2.12. The third kappa shape index (κ3) is 3.68. The van der Waals surface area contributed by atoms with Gasteiger partial charge in [-0.15, -0.1) is 0 Å². The molecule has 3 nitrogen and oxygen atoms in total. The molecule has 0 aromatic heterocycles. The first-order valence-electron chi connectivity index (χ1n) is 6.47. The second kappa shape index (κ2) is 6.69. The van der Waals surface area contributed by atoms with Crippen molar-refractivity contribution < 1.29 is 9.18 Å².